The highest BCUT2D eigenvalue weighted by molar-refractivity contribution is 5.94. The van der Waals surface area contributed by atoms with Crippen LogP contribution in [0.1, 0.15) is 11.1 Å². The van der Waals surface area contributed by atoms with Crippen molar-refractivity contribution in [3.63, 3.8) is 0 Å². The van der Waals surface area contributed by atoms with E-state index < -0.39 is 0 Å². The summed E-state index contributed by atoms with van der Waals surface area (Å²) in [5.74, 6) is 0.177. The molecule has 0 N–H and O–H groups in total. The van der Waals surface area contributed by atoms with Crippen molar-refractivity contribution >= 4 is 22.4 Å². The minimum Gasteiger partial charge on any atom is -0.484 e. The van der Waals surface area contributed by atoms with E-state index in [1.807, 2.05) is 73.7 Å². The van der Waals surface area contributed by atoms with E-state index in [2.05, 4.69) is 0 Å². The molecule has 0 radical (unpaired) electrons. The van der Waals surface area contributed by atoms with Crippen LogP contribution in [0.5, 0.6) is 5.75 Å². The molecule has 0 fully saturated rings. The number of aryl methyl sites for hydroxylation is 1. The normalized spacial score (nSPS) is 10.7. The van der Waals surface area contributed by atoms with Crippen molar-refractivity contribution in [1.82, 2.24) is 0 Å². The number of hydrogen-bond acceptors (Lipinski definition) is 2. The van der Waals surface area contributed by atoms with Crippen molar-refractivity contribution in [3.05, 3.63) is 108 Å². The van der Waals surface area contributed by atoms with E-state index in [9.17, 15) is 9.18 Å². The molecule has 30 heavy (non-hydrogen) atoms. The minimum absolute atomic E-state index is 0.0899. The fourth-order valence-corrected chi connectivity index (χ4v) is 3.30. The van der Waals surface area contributed by atoms with E-state index in [-0.39, 0.29) is 18.3 Å². The zero-order chi connectivity index (χ0) is 20.9. The van der Waals surface area contributed by atoms with E-state index in [0.717, 1.165) is 27.6 Å². The smallest absolute Gasteiger partial charge is 0.265 e. The Morgan fingerprint density at radius 1 is 0.867 bits per heavy atom. The van der Waals surface area contributed by atoms with Crippen molar-refractivity contribution in [2.24, 2.45) is 0 Å². The summed E-state index contributed by atoms with van der Waals surface area (Å²) < 4.78 is 19.1. The molecule has 0 saturated heterocycles. The molecule has 0 unspecified atom stereocenters. The lowest BCUT2D eigenvalue weighted by molar-refractivity contribution is -0.120. The van der Waals surface area contributed by atoms with Crippen LogP contribution < -0.4 is 9.64 Å². The number of amides is 1. The number of carbonyl (C=O) groups is 1. The quantitative estimate of drug-likeness (QED) is 0.404. The first-order valence-corrected chi connectivity index (χ1v) is 9.81. The molecule has 0 bridgehead atoms. The minimum atomic E-state index is -0.299. The standard InChI is InChI=1S/C26H22FNO2/c1-19-6-13-24(14-7-19)28(17-20-8-11-23(27)12-9-20)26(29)18-30-25-15-10-21-4-2-3-5-22(21)16-25/h2-16H,17-18H2,1H3. The monoisotopic (exact) mass is 399 g/mol. The Kier molecular flexibility index (Phi) is 5.75. The van der Waals surface area contributed by atoms with Crippen LogP contribution in [0.3, 0.4) is 0 Å². The van der Waals surface area contributed by atoms with Crippen molar-refractivity contribution < 1.29 is 13.9 Å². The van der Waals surface area contributed by atoms with Gasteiger partial charge in [-0.3, -0.25) is 4.79 Å². The van der Waals surface area contributed by atoms with Gasteiger partial charge in [0.25, 0.3) is 5.91 Å². The topological polar surface area (TPSA) is 29.5 Å². The molecule has 1 amide bonds. The summed E-state index contributed by atoms with van der Waals surface area (Å²) in [6.07, 6.45) is 0. The number of ether oxygens (including phenoxy) is 1. The highest BCUT2D eigenvalue weighted by Crippen LogP contribution is 2.22. The Morgan fingerprint density at radius 3 is 2.30 bits per heavy atom. The lowest BCUT2D eigenvalue weighted by Crippen LogP contribution is -2.34. The Bertz CT molecular complexity index is 1150. The molecule has 0 aliphatic rings. The highest BCUT2D eigenvalue weighted by Gasteiger charge is 2.17. The fourth-order valence-electron chi connectivity index (χ4n) is 3.30. The summed E-state index contributed by atoms with van der Waals surface area (Å²) in [6.45, 7) is 2.25. The number of rotatable bonds is 6. The fraction of sp³-hybridized carbons (Fsp3) is 0.115. The lowest BCUT2D eigenvalue weighted by Gasteiger charge is -2.23. The molecule has 4 rings (SSSR count). The van der Waals surface area contributed by atoms with Crippen molar-refractivity contribution in [2.75, 3.05) is 11.5 Å². The molecule has 4 aromatic carbocycles. The van der Waals surface area contributed by atoms with Crippen LogP contribution in [0, 0.1) is 12.7 Å². The molecule has 150 valence electrons. The van der Waals surface area contributed by atoms with E-state index in [1.54, 1.807) is 17.0 Å². The van der Waals surface area contributed by atoms with Crippen LogP contribution >= 0.6 is 0 Å². The molecule has 4 aromatic rings. The van der Waals surface area contributed by atoms with Gasteiger partial charge in [0.05, 0.1) is 6.54 Å². The molecule has 0 atom stereocenters. The largest absolute Gasteiger partial charge is 0.484 e. The third kappa shape index (κ3) is 4.66. The molecule has 0 spiro atoms. The number of benzene rings is 4. The summed E-state index contributed by atoms with van der Waals surface area (Å²) in [5.41, 5.74) is 2.73. The Balaban J connectivity index is 1.53. The first-order chi connectivity index (χ1) is 14.6. The van der Waals surface area contributed by atoms with Gasteiger partial charge in [0.15, 0.2) is 6.61 Å². The zero-order valence-corrected chi connectivity index (χ0v) is 16.7. The highest BCUT2D eigenvalue weighted by atomic mass is 19.1. The summed E-state index contributed by atoms with van der Waals surface area (Å²) in [7, 11) is 0. The first kappa shape index (κ1) is 19.6. The number of carbonyl (C=O) groups excluding carboxylic acids is 1. The zero-order valence-electron chi connectivity index (χ0n) is 16.7. The summed E-state index contributed by atoms with van der Waals surface area (Å²) in [6, 6.07) is 27.7. The lowest BCUT2D eigenvalue weighted by atomic mass is 10.1. The van der Waals surface area contributed by atoms with Crippen molar-refractivity contribution in [2.45, 2.75) is 13.5 Å². The number of fused-ring (bicyclic) bond motifs is 1. The predicted molar refractivity (Wildman–Crippen MR) is 118 cm³/mol. The van der Waals surface area contributed by atoms with Gasteiger partial charge in [-0.1, -0.05) is 60.2 Å². The Morgan fingerprint density at radius 2 is 1.57 bits per heavy atom. The van der Waals surface area contributed by atoms with Crippen molar-refractivity contribution in [3.8, 4) is 5.75 Å². The summed E-state index contributed by atoms with van der Waals surface area (Å²) >= 11 is 0. The number of anilines is 1. The molecule has 0 aliphatic heterocycles. The van der Waals surface area contributed by atoms with Crippen LogP contribution in [0.25, 0.3) is 10.8 Å². The van der Waals surface area contributed by atoms with Gasteiger partial charge in [0, 0.05) is 5.69 Å². The maximum absolute atomic E-state index is 13.3. The second kappa shape index (κ2) is 8.78. The molecule has 3 nitrogen and oxygen atoms in total. The van der Waals surface area contributed by atoms with Gasteiger partial charge in [-0.05, 0) is 59.7 Å². The van der Waals surface area contributed by atoms with Crippen LogP contribution in [-0.2, 0) is 11.3 Å². The predicted octanol–water partition coefficient (Wildman–Crippen LogP) is 5.90. The van der Waals surface area contributed by atoms with E-state index in [0.29, 0.717) is 12.3 Å². The van der Waals surface area contributed by atoms with Crippen LogP contribution in [0.15, 0.2) is 91.0 Å². The van der Waals surface area contributed by atoms with Gasteiger partial charge < -0.3 is 9.64 Å². The van der Waals surface area contributed by atoms with E-state index in [1.165, 1.54) is 12.1 Å². The molecule has 0 heterocycles. The number of halogens is 1. The molecule has 0 aliphatic carbocycles. The van der Waals surface area contributed by atoms with Gasteiger partial charge in [-0.25, -0.2) is 4.39 Å². The summed E-state index contributed by atoms with van der Waals surface area (Å²) in [4.78, 5) is 14.7. The molecular formula is C26H22FNO2. The van der Waals surface area contributed by atoms with Gasteiger partial charge in [-0.2, -0.15) is 0 Å². The first-order valence-electron chi connectivity index (χ1n) is 9.81. The average molecular weight is 399 g/mol. The third-order valence-corrected chi connectivity index (χ3v) is 4.98. The van der Waals surface area contributed by atoms with E-state index >= 15 is 0 Å². The molecule has 0 saturated carbocycles. The molecule has 0 aromatic heterocycles. The average Bonchev–Trinajstić information content (AvgIpc) is 2.77. The van der Waals surface area contributed by atoms with Gasteiger partial charge in [0.2, 0.25) is 0 Å². The molecular weight excluding hydrogens is 377 g/mol. The molecule has 4 heteroatoms. The second-order valence-corrected chi connectivity index (χ2v) is 7.24. The third-order valence-electron chi connectivity index (χ3n) is 4.98. The van der Waals surface area contributed by atoms with Gasteiger partial charge in [0.1, 0.15) is 11.6 Å². The maximum atomic E-state index is 13.3. The van der Waals surface area contributed by atoms with Crippen LogP contribution in [-0.4, -0.2) is 12.5 Å². The maximum Gasteiger partial charge on any atom is 0.265 e. The number of hydrogen-bond donors (Lipinski definition) is 0. The van der Waals surface area contributed by atoms with Crippen LogP contribution in [0.4, 0.5) is 10.1 Å². The Labute approximate surface area is 175 Å². The Hall–Kier alpha value is -3.66. The summed E-state index contributed by atoms with van der Waals surface area (Å²) in [5, 5.41) is 2.18. The van der Waals surface area contributed by atoms with Gasteiger partial charge in [-0.15, -0.1) is 0 Å². The SMILES string of the molecule is Cc1ccc(N(Cc2ccc(F)cc2)C(=O)COc2ccc3ccccc3c2)cc1. The number of nitrogens with zero attached hydrogens (tertiary/aromatic N) is 1. The van der Waals surface area contributed by atoms with Gasteiger partial charge >= 0.3 is 0 Å². The van der Waals surface area contributed by atoms with E-state index in [4.69, 9.17) is 4.74 Å². The van der Waals surface area contributed by atoms with Crippen molar-refractivity contribution in [1.29, 1.82) is 0 Å². The van der Waals surface area contributed by atoms with Crippen LogP contribution in [0.2, 0.25) is 0 Å². The second-order valence-electron chi connectivity index (χ2n) is 7.24.